The molecule has 16 heavy (non-hydrogen) atoms. The molecule has 2 aromatic rings. The highest BCUT2D eigenvalue weighted by molar-refractivity contribution is 7.15. The average molecular weight is 234 g/mol. The Morgan fingerprint density at radius 1 is 1.50 bits per heavy atom. The average Bonchev–Trinajstić information content (AvgIpc) is 2.89. The quantitative estimate of drug-likeness (QED) is 0.869. The van der Waals surface area contributed by atoms with Crippen LogP contribution in [0.25, 0.3) is 10.6 Å². The maximum atomic E-state index is 5.76. The van der Waals surface area contributed by atoms with Gasteiger partial charge in [-0.1, -0.05) is 12.1 Å². The number of hydrogen-bond acceptors (Lipinski definition) is 4. The van der Waals surface area contributed by atoms with Crippen molar-refractivity contribution >= 4 is 17.2 Å². The summed E-state index contributed by atoms with van der Waals surface area (Å²) in [6.07, 6.45) is 4.59. The van der Waals surface area contributed by atoms with E-state index in [9.17, 15) is 0 Å². The first-order valence-electron chi connectivity index (χ1n) is 5.65. The van der Waals surface area contributed by atoms with Crippen LogP contribution in [0.5, 0.6) is 0 Å². The molecule has 0 aliphatic heterocycles. The molecule has 0 fully saturated rings. The van der Waals surface area contributed by atoms with Crippen molar-refractivity contribution < 1.29 is 4.52 Å². The van der Waals surface area contributed by atoms with Gasteiger partial charge in [-0.3, -0.25) is 0 Å². The zero-order chi connectivity index (χ0) is 11.1. The summed E-state index contributed by atoms with van der Waals surface area (Å²) in [6, 6.07) is 2.25. The fourth-order valence-corrected chi connectivity index (χ4v) is 3.57. The van der Waals surface area contributed by atoms with Crippen molar-refractivity contribution in [1.29, 1.82) is 0 Å². The molecule has 0 unspecified atom stereocenters. The van der Waals surface area contributed by atoms with E-state index in [0.29, 0.717) is 5.88 Å². The van der Waals surface area contributed by atoms with Gasteiger partial charge in [0.1, 0.15) is 5.69 Å². The molecule has 2 N–H and O–H groups in total. The molecule has 0 amide bonds. The van der Waals surface area contributed by atoms with Crippen LogP contribution in [-0.2, 0) is 19.3 Å². The number of nitrogen functional groups attached to an aromatic ring is 1. The molecule has 0 bridgehead atoms. The third kappa shape index (κ3) is 1.37. The van der Waals surface area contributed by atoms with E-state index >= 15 is 0 Å². The van der Waals surface area contributed by atoms with Crippen molar-refractivity contribution in [2.24, 2.45) is 0 Å². The molecular weight excluding hydrogens is 220 g/mol. The van der Waals surface area contributed by atoms with Gasteiger partial charge in [0.05, 0.1) is 4.88 Å². The van der Waals surface area contributed by atoms with Crippen molar-refractivity contribution in [1.82, 2.24) is 5.16 Å². The highest BCUT2D eigenvalue weighted by Gasteiger charge is 2.20. The minimum Gasteiger partial charge on any atom is -0.367 e. The smallest absolute Gasteiger partial charge is 0.225 e. The van der Waals surface area contributed by atoms with Crippen molar-refractivity contribution in [3.63, 3.8) is 0 Å². The molecule has 0 radical (unpaired) electrons. The standard InChI is InChI=1S/C12H14N2OS/c1-2-8-11(14-15-12(8)13)10-6-7-4-3-5-9(7)16-10/h6H,2-5,13H2,1H3. The molecule has 0 saturated heterocycles. The van der Waals surface area contributed by atoms with Gasteiger partial charge in [-0.05, 0) is 37.3 Å². The Labute approximate surface area is 98.3 Å². The fraction of sp³-hybridized carbons (Fsp3) is 0.417. The number of rotatable bonds is 2. The van der Waals surface area contributed by atoms with Crippen LogP contribution >= 0.6 is 11.3 Å². The third-order valence-corrected chi connectivity index (χ3v) is 4.40. The second-order valence-corrected chi connectivity index (χ2v) is 5.28. The number of hydrogen-bond donors (Lipinski definition) is 1. The lowest BCUT2D eigenvalue weighted by molar-refractivity contribution is 0.439. The first-order valence-corrected chi connectivity index (χ1v) is 6.47. The van der Waals surface area contributed by atoms with Crippen LogP contribution in [0.15, 0.2) is 10.6 Å². The monoisotopic (exact) mass is 234 g/mol. The van der Waals surface area contributed by atoms with E-state index in [1.165, 1.54) is 34.6 Å². The van der Waals surface area contributed by atoms with Crippen LogP contribution in [0.1, 0.15) is 29.3 Å². The van der Waals surface area contributed by atoms with Crippen molar-refractivity contribution in [2.75, 3.05) is 5.73 Å². The molecule has 4 heteroatoms. The summed E-state index contributed by atoms with van der Waals surface area (Å²) in [5.41, 5.74) is 9.23. The number of anilines is 1. The summed E-state index contributed by atoms with van der Waals surface area (Å²) in [6.45, 7) is 2.08. The van der Waals surface area contributed by atoms with Crippen LogP contribution in [0.4, 0.5) is 5.88 Å². The molecule has 0 atom stereocenters. The SMILES string of the molecule is CCc1c(-c2cc3c(s2)CCC3)noc1N. The van der Waals surface area contributed by atoms with Crippen LogP contribution in [0.2, 0.25) is 0 Å². The zero-order valence-electron chi connectivity index (χ0n) is 9.25. The van der Waals surface area contributed by atoms with E-state index in [4.69, 9.17) is 10.3 Å². The number of thiophene rings is 1. The highest BCUT2D eigenvalue weighted by Crippen LogP contribution is 2.38. The lowest BCUT2D eigenvalue weighted by Gasteiger charge is -1.95. The Hall–Kier alpha value is -1.29. The molecule has 1 aliphatic carbocycles. The predicted molar refractivity (Wildman–Crippen MR) is 65.6 cm³/mol. The maximum Gasteiger partial charge on any atom is 0.225 e. The van der Waals surface area contributed by atoms with Gasteiger partial charge in [0.25, 0.3) is 0 Å². The predicted octanol–water partition coefficient (Wildman–Crippen LogP) is 3.04. The second kappa shape index (κ2) is 3.63. The van der Waals surface area contributed by atoms with Crippen LogP contribution in [0, 0.1) is 0 Å². The molecule has 3 rings (SSSR count). The van der Waals surface area contributed by atoms with E-state index in [-0.39, 0.29) is 0 Å². The molecule has 84 valence electrons. The largest absolute Gasteiger partial charge is 0.367 e. The minimum absolute atomic E-state index is 0.464. The van der Waals surface area contributed by atoms with Gasteiger partial charge in [0.15, 0.2) is 0 Å². The van der Waals surface area contributed by atoms with Gasteiger partial charge >= 0.3 is 0 Å². The topological polar surface area (TPSA) is 52.0 Å². The van der Waals surface area contributed by atoms with Crippen LogP contribution < -0.4 is 5.73 Å². The summed E-state index contributed by atoms with van der Waals surface area (Å²) in [7, 11) is 0. The highest BCUT2D eigenvalue weighted by atomic mass is 32.1. The minimum atomic E-state index is 0.464. The Morgan fingerprint density at radius 2 is 2.38 bits per heavy atom. The van der Waals surface area contributed by atoms with Crippen LogP contribution in [-0.4, -0.2) is 5.16 Å². The number of fused-ring (bicyclic) bond motifs is 1. The van der Waals surface area contributed by atoms with E-state index in [0.717, 1.165) is 17.7 Å². The summed E-state index contributed by atoms with van der Waals surface area (Å²) in [5.74, 6) is 0.464. The van der Waals surface area contributed by atoms with Gasteiger partial charge < -0.3 is 10.3 Å². The zero-order valence-corrected chi connectivity index (χ0v) is 10.1. The van der Waals surface area contributed by atoms with Gasteiger partial charge in [-0.15, -0.1) is 11.3 Å². The summed E-state index contributed by atoms with van der Waals surface area (Å²) in [4.78, 5) is 2.72. The fourth-order valence-electron chi connectivity index (χ4n) is 2.30. The number of aryl methyl sites for hydroxylation is 2. The van der Waals surface area contributed by atoms with Gasteiger partial charge in [0.2, 0.25) is 5.88 Å². The lowest BCUT2D eigenvalue weighted by Crippen LogP contribution is -1.88. The van der Waals surface area contributed by atoms with Crippen molar-refractivity contribution in [3.05, 3.63) is 22.1 Å². The second-order valence-electron chi connectivity index (χ2n) is 4.14. The molecule has 2 aromatic heterocycles. The first-order chi connectivity index (χ1) is 7.79. The summed E-state index contributed by atoms with van der Waals surface area (Å²) in [5, 5.41) is 4.08. The molecule has 0 spiro atoms. The van der Waals surface area contributed by atoms with Crippen molar-refractivity contribution in [2.45, 2.75) is 32.6 Å². The number of aromatic nitrogens is 1. The Morgan fingerprint density at radius 3 is 3.12 bits per heavy atom. The van der Waals surface area contributed by atoms with Gasteiger partial charge in [-0.25, -0.2) is 0 Å². The molecule has 0 saturated carbocycles. The molecule has 1 aliphatic rings. The molecule has 2 heterocycles. The third-order valence-electron chi connectivity index (χ3n) is 3.15. The maximum absolute atomic E-state index is 5.76. The van der Waals surface area contributed by atoms with E-state index < -0.39 is 0 Å². The molecule has 3 nitrogen and oxygen atoms in total. The molecular formula is C12H14N2OS. The van der Waals surface area contributed by atoms with Crippen molar-refractivity contribution in [3.8, 4) is 10.6 Å². The van der Waals surface area contributed by atoms with E-state index in [1.54, 1.807) is 0 Å². The Kier molecular flexibility index (Phi) is 2.24. The Balaban J connectivity index is 2.08. The summed E-state index contributed by atoms with van der Waals surface area (Å²) < 4.78 is 5.08. The van der Waals surface area contributed by atoms with Gasteiger partial charge in [-0.2, -0.15) is 0 Å². The van der Waals surface area contributed by atoms with Crippen LogP contribution in [0.3, 0.4) is 0 Å². The molecule has 0 aromatic carbocycles. The number of nitrogens with two attached hydrogens (primary N) is 1. The lowest BCUT2D eigenvalue weighted by atomic mass is 10.1. The Bertz CT molecular complexity index is 506. The van der Waals surface area contributed by atoms with Gasteiger partial charge in [0, 0.05) is 10.4 Å². The number of nitrogens with zero attached hydrogens (tertiary/aromatic N) is 1. The van der Waals surface area contributed by atoms with E-state index in [2.05, 4.69) is 18.1 Å². The first kappa shape index (κ1) is 9.90. The summed E-state index contributed by atoms with van der Waals surface area (Å²) >= 11 is 1.84. The van der Waals surface area contributed by atoms with E-state index in [1.807, 2.05) is 11.3 Å². The normalized spacial score (nSPS) is 14.3.